The summed E-state index contributed by atoms with van der Waals surface area (Å²) in [6.07, 6.45) is 1.72. The normalized spacial score (nSPS) is 11.1. The molecule has 0 radical (unpaired) electrons. The monoisotopic (exact) mass is 258 g/mol. The van der Waals surface area contributed by atoms with Crippen LogP contribution >= 0.6 is 0 Å². The van der Waals surface area contributed by atoms with Crippen LogP contribution in [0.5, 0.6) is 0 Å². The number of aliphatic imine (C=N–C) groups is 1. The van der Waals surface area contributed by atoms with E-state index >= 15 is 0 Å². The molecule has 0 saturated heterocycles. The van der Waals surface area contributed by atoms with Gasteiger partial charge in [0.05, 0.1) is 0 Å². The first-order valence-corrected chi connectivity index (χ1v) is 6.30. The summed E-state index contributed by atoms with van der Waals surface area (Å²) in [5.41, 5.74) is 7.63. The van der Waals surface area contributed by atoms with E-state index in [1.165, 1.54) is 5.69 Å². The van der Waals surface area contributed by atoms with E-state index in [0.29, 0.717) is 5.95 Å². The quantitative estimate of drug-likeness (QED) is 0.803. The third kappa shape index (κ3) is 3.31. The van der Waals surface area contributed by atoms with Crippen LogP contribution in [0.3, 0.4) is 0 Å². The van der Waals surface area contributed by atoms with E-state index in [0.717, 1.165) is 18.7 Å². The first-order valence-electron chi connectivity index (χ1n) is 6.30. The summed E-state index contributed by atoms with van der Waals surface area (Å²) < 4.78 is 0. The molecule has 0 spiro atoms. The molecule has 0 saturated carbocycles. The Bertz CT molecular complexity index is 539. The van der Waals surface area contributed by atoms with Crippen molar-refractivity contribution in [1.29, 1.82) is 0 Å². The fraction of sp³-hybridized carbons (Fsp3) is 0.308. The zero-order valence-corrected chi connectivity index (χ0v) is 11.2. The molecule has 6 heteroatoms. The Labute approximate surface area is 112 Å². The highest BCUT2D eigenvalue weighted by Gasteiger charge is 2.00. The maximum atomic E-state index is 5.42. The van der Waals surface area contributed by atoms with Crippen LogP contribution in [0.15, 0.2) is 29.3 Å². The van der Waals surface area contributed by atoms with E-state index in [9.17, 15) is 0 Å². The number of rotatable bonds is 5. The minimum absolute atomic E-state index is 0.268. The van der Waals surface area contributed by atoms with Crippen molar-refractivity contribution >= 4 is 23.8 Å². The van der Waals surface area contributed by atoms with Crippen LogP contribution in [0, 0.1) is 0 Å². The Kier molecular flexibility index (Phi) is 4.12. The number of anilines is 2. The van der Waals surface area contributed by atoms with Gasteiger partial charge in [0.25, 0.3) is 5.95 Å². The van der Waals surface area contributed by atoms with Crippen molar-refractivity contribution in [2.24, 2.45) is 4.99 Å². The summed E-state index contributed by atoms with van der Waals surface area (Å²) in [5.74, 6) is 0.606. The van der Waals surface area contributed by atoms with Gasteiger partial charge in [-0.1, -0.05) is 12.1 Å². The van der Waals surface area contributed by atoms with Gasteiger partial charge in [-0.15, -0.1) is 5.10 Å². The van der Waals surface area contributed by atoms with Crippen LogP contribution in [0.25, 0.3) is 0 Å². The summed E-state index contributed by atoms with van der Waals surface area (Å²) in [7, 11) is 0. The van der Waals surface area contributed by atoms with E-state index in [1.807, 2.05) is 12.1 Å². The topological polar surface area (TPSA) is 83.2 Å². The van der Waals surface area contributed by atoms with E-state index < -0.39 is 0 Å². The Morgan fingerprint density at radius 3 is 2.47 bits per heavy atom. The number of aromatic nitrogens is 3. The van der Waals surface area contributed by atoms with E-state index in [4.69, 9.17) is 5.73 Å². The molecule has 0 atom stereocenters. The van der Waals surface area contributed by atoms with Crippen molar-refractivity contribution in [3.63, 3.8) is 0 Å². The highest BCUT2D eigenvalue weighted by Crippen LogP contribution is 2.14. The lowest BCUT2D eigenvalue weighted by molar-refractivity contribution is 0.866. The first-order chi connectivity index (χ1) is 9.22. The number of nitrogens with two attached hydrogens (primary N) is 1. The van der Waals surface area contributed by atoms with E-state index in [1.54, 1.807) is 6.21 Å². The van der Waals surface area contributed by atoms with Crippen LogP contribution in [0.1, 0.15) is 19.4 Å². The molecule has 0 fully saturated rings. The molecule has 2 aromatic rings. The number of nitrogen functional groups attached to an aromatic ring is 1. The lowest BCUT2D eigenvalue weighted by atomic mass is 10.2. The summed E-state index contributed by atoms with van der Waals surface area (Å²) in [4.78, 5) is 10.3. The third-order valence-electron chi connectivity index (χ3n) is 2.84. The minimum atomic E-state index is 0.268. The van der Waals surface area contributed by atoms with Crippen LogP contribution in [-0.2, 0) is 0 Å². The van der Waals surface area contributed by atoms with E-state index in [2.05, 4.69) is 51.1 Å². The Hall–Kier alpha value is -2.37. The molecule has 6 nitrogen and oxygen atoms in total. The highest BCUT2D eigenvalue weighted by molar-refractivity contribution is 5.81. The average Bonchev–Trinajstić information content (AvgIpc) is 2.85. The minimum Gasteiger partial charge on any atom is -0.372 e. The second-order valence-corrected chi connectivity index (χ2v) is 4.04. The van der Waals surface area contributed by atoms with Crippen molar-refractivity contribution in [1.82, 2.24) is 15.2 Å². The Morgan fingerprint density at radius 2 is 1.95 bits per heavy atom. The van der Waals surface area contributed by atoms with Crippen molar-refractivity contribution in [2.45, 2.75) is 13.8 Å². The van der Waals surface area contributed by atoms with Gasteiger partial charge < -0.3 is 10.6 Å². The van der Waals surface area contributed by atoms with Gasteiger partial charge in [0.1, 0.15) is 0 Å². The molecular weight excluding hydrogens is 240 g/mol. The summed E-state index contributed by atoms with van der Waals surface area (Å²) in [6, 6.07) is 8.21. The van der Waals surface area contributed by atoms with Crippen molar-refractivity contribution in [3.8, 4) is 0 Å². The molecule has 2 rings (SSSR count). The SMILES string of the molecule is CCN(CC)c1ccc(/C=N/c2n[nH]c(N)n2)cc1. The number of hydrogen-bond acceptors (Lipinski definition) is 5. The molecule has 1 aromatic heterocycles. The van der Waals surface area contributed by atoms with Crippen molar-refractivity contribution in [2.75, 3.05) is 23.7 Å². The zero-order valence-electron chi connectivity index (χ0n) is 11.2. The van der Waals surface area contributed by atoms with Gasteiger partial charge in [0.2, 0.25) is 5.95 Å². The molecule has 100 valence electrons. The maximum Gasteiger partial charge on any atom is 0.269 e. The fourth-order valence-corrected chi connectivity index (χ4v) is 1.81. The molecule has 1 heterocycles. The first kappa shape index (κ1) is 13.1. The average molecular weight is 258 g/mol. The Morgan fingerprint density at radius 1 is 1.26 bits per heavy atom. The molecule has 0 unspecified atom stereocenters. The number of H-pyrrole nitrogens is 1. The summed E-state index contributed by atoms with van der Waals surface area (Å²) in [5, 5.41) is 6.38. The predicted molar refractivity (Wildman–Crippen MR) is 78.1 cm³/mol. The predicted octanol–water partition coefficient (Wildman–Crippen LogP) is 1.98. The maximum absolute atomic E-state index is 5.42. The lowest BCUT2D eigenvalue weighted by Gasteiger charge is -2.20. The zero-order chi connectivity index (χ0) is 13.7. The molecule has 0 bridgehead atoms. The van der Waals surface area contributed by atoms with Gasteiger partial charge in [-0.25, -0.2) is 10.1 Å². The van der Waals surface area contributed by atoms with Crippen molar-refractivity contribution < 1.29 is 0 Å². The van der Waals surface area contributed by atoms with Crippen LogP contribution in [-0.4, -0.2) is 34.5 Å². The molecular formula is C13H18N6. The third-order valence-corrected chi connectivity index (χ3v) is 2.84. The Balaban J connectivity index is 2.08. The van der Waals surface area contributed by atoms with Gasteiger partial charge in [0.15, 0.2) is 0 Å². The van der Waals surface area contributed by atoms with Gasteiger partial charge in [0, 0.05) is 25.0 Å². The summed E-state index contributed by atoms with van der Waals surface area (Å²) >= 11 is 0. The molecule has 1 aromatic carbocycles. The fourth-order valence-electron chi connectivity index (χ4n) is 1.81. The molecule has 19 heavy (non-hydrogen) atoms. The molecule has 0 aliphatic heterocycles. The molecule has 3 N–H and O–H groups in total. The highest BCUT2D eigenvalue weighted by atomic mass is 15.3. The smallest absolute Gasteiger partial charge is 0.269 e. The van der Waals surface area contributed by atoms with E-state index in [-0.39, 0.29) is 5.95 Å². The standard InChI is InChI=1S/C13H18N6/c1-3-19(4-2)11-7-5-10(6-8-11)9-15-13-16-12(14)17-18-13/h5-9H,3-4H2,1-2H3,(H3,14,16,17,18)/b15-9+. The second kappa shape index (κ2) is 5.99. The lowest BCUT2D eigenvalue weighted by Crippen LogP contribution is -2.21. The largest absolute Gasteiger partial charge is 0.372 e. The number of aromatic amines is 1. The van der Waals surface area contributed by atoms with Gasteiger partial charge in [-0.05, 0) is 31.5 Å². The molecule has 0 aliphatic carbocycles. The van der Waals surface area contributed by atoms with Gasteiger partial charge in [-0.3, -0.25) is 0 Å². The number of nitrogens with one attached hydrogen (secondary N) is 1. The number of hydrogen-bond donors (Lipinski definition) is 2. The van der Waals surface area contributed by atoms with Crippen LogP contribution < -0.4 is 10.6 Å². The van der Waals surface area contributed by atoms with Gasteiger partial charge >= 0.3 is 0 Å². The molecule has 0 aliphatic rings. The van der Waals surface area contributed by atoms with Crippen LogP contribution in [0.4, 0.5) is 17.6 Å². The number of benzene rings is 1. The summed E-state index contributed by atoms with van der Waals surface area (Å²) in [6.45, 7) is 6.29. The second-order valence-electron chi connectivity index (χ2n) is 4.04. The van der Waals surface area contributed by atoms with Crippen molar-refractivity contribution in [3.05, 3.63) is 29.8 Å². The molecule has 0 amide bonds. The van der Waals surface area contributed by atoms with Gasteiger partial charge in [-0.2, -0.15) is 4.98 Å². The number of nitrogens with zero attached hydrogens (tertiary/aromatic N) is 4. The van der Waals surface area contributed by atoms with Crippen LogP contribution in [0.2, 0.25) is 0 Å².